The Morgan fingerprint density at radius 3 is 2.31 bits per heavy atom. The Balaban J connectivity index is 1.23. The first-order valence-electron chi connectivity index (χ1n) is 13.4. The summed E-state index contributed by atoms with van der Waals surface area (Å²) in [5.74, 6) is -0.761. The van der Waals surface area contributed by atoms with E-state index in [0.717, 1.165) is 63.0 Å². The normalized spacial score (nSPS) is 22.5. The Labute approximate surface area is 214 Å². The Morgan fingerprint density at radius 2 is 1.67 bits per heavy atom. The van der Waals surface area contributed by atoms with Crippen molar-refractivity contribution in [3.63, 3.8) is 0 Å². The van der Waals surface area contributed by atoms with Crippen LogP contribution in [0.25, 0.3) is 0 Å². The van der Waals surface area contributed by atoms with Crippen molar-refractivity contribution in [1.29, 1.82) is 0 Å². The number of rotatable bonds is 8. The van der Waals surface area contributed by atoms with Gasteiger partial charge in [0.2, 0.25) is 5.91 Å². The lowest BCUT2D eigenvalue weighted by Gasteiger charge is -2.43. The average molecular weight is 496 g/mol. The Bertz CT molecular complexity index is 1020. The molecule has 5 rings (SSSR count). The van der Waals surface area contributed by atoms with Gasteiger partial charge < -0.3 is 24.2 Å². The molecule has 0 bridgehead atoms. The number of hydrogen-bond acceptors (Lipinski definition) is 5. The van der Waals surface area contributed by atoms with Crippen LogP contribution in [0.4, 0.5) is 10.1 Å². The number of likely N-dealkylation sites (tertiary alicyclic amines) is 1. The molecule has 3 aliphatic heterocycles. The van der Waals surface area contributed by atoms with Gasteiger partial charge >= 0.3 is 0 Å². The van der Waals surface area contributed by atoms with Gasteiger partial charge in [0, 0.05) is 36.8 Å². The molecule has 0 aliphatic carbocycles. The van der Waals surface area contributed by atoms with Crippen molar-refractivity contribution in [2.24, 2.45) is 0 Å². The summed E-state index contributed by atoms with van der Waals surface area (Å²) in [6.45, 7) is 8.74. The summed E-state index contributed by atoms with van der Waals surface area (Å²) in [5, 5.41) is 0. The van der Waals surface area contributed by atoms with Gasteiger partial charge in [-0.25, -0.2) is 4.39 Å². The number of para-hydroxylation sites is 1. The summed E-state index contributed by atoms with van der Waals surface area (Å²) < 4.78 is 25.5. The topological polar surface area (TPSA) is 45.2 Å². The summed E-state index contributed by atoms with van der Waals surface area (Å²) in [6, 6.07) is 17.1. The molecule has 36 heavy (non-hydrogen) atoms. The largest absolute Gasteiger partial charge is 0.343 e. The molecule has 3 saturated heterocycles. The first kappa shape index (κ1) is 25.2. The van der Waals surface area contributed by atoms with E-state index in [4.69, 9.17) is 9.47 Å². The molecular weight excluding hydrogens is 457 g/mol. The Morgan fingerprint density at radius 1 is 1.00 bits per heavy atom. The van der Waals surface area contributed by atoms with Crippen molar-refractivity contribution in [2.75, 3.05) is 44.4 Å². The van der Waals surface area contributed by atoms with Gasteiger partial charge in [-0.15, -0.1) is 0 Å². The highest BCUT2D eigenvalue weighted by Crippen LogP contribution is 2.41. The maximum Gasteiger partial charge on any atom is 0.250 e. The van der Waals surface area contributed by atoms with Gasteiger partial charge in [-0.1, -0.05) is 37.3 Å². The highest BCUT2D eigenvalue weighted by atomic mass is 19.1. The molecule has 3 heterocycles. The summed E-state index contributed by atoms with van der Waals surface area (Å²) in [6.07, 6.45) is 4.22. The van der Waals surface area contributed by atoms with Gasteiger partial charge in [-0.2, -0.15) is 0 Å². The molecule has 0 N–H and O–H groups in total. The lowest BCUT2D eigenvalue weighted by atomic mass is 9.85. The van der Waals surface area contributed by atoms with Crippen molar-refractivity contribution in [1.82, 2.24) is 9.80 Å². The smallest absolute Gasteiger partial charge is 0.250 e. The number of nitrogens with zero attached hydrogens (tertiary/aromatic N) is 3. The van der Waals surface area contributed by atoms with Crippen LogP contribution < -0.4 is 4.90 Å². The van der Waals surface area contributed by atoms with E-state index in [1.54, 1.807) is 12.1 Å². The molecule has 0 saturated carbocycles. The van der Waals surface area contributed by atoms with E-state index in [1.807, 2.05) is 6.07 Å². The van der Waals surface area contributed by atoms with E-state index < -0.39 is 11.3 Å². The number of ether oxygens (including phenoxy) is 2. The van der Waals surface area contributed by atoms with Crippen molar-refractivity contribution >= 4 is 11.6 Å². The van der Waals surface area contributed by atoms with E-state index in [1.165, 1.54) is 12.1 Å². The van der Waals surface area contributed by atoms with Crippen LogP contribution in [-0.2, 0) is 20.1 Å². The van der Waals surface area contributed by atoms with Crippen molar-refractivity contribution in [2.45, 2.75) is 63.3 Å². The van der Waals surface area contributed by atoms with Gasteiger partial charge in [0.25, 0.3) is 0 Å². The zero-order chi connectivity index (χ0) is 25.2. The maximum atomic E-state index is 13.8. The van der Waals surface area contributed by atoms with E-state index in [2.05, 4.69) is 52.8 Å². The summed E-state index contributed by atoms with van der Waals surface area (Å²) in [4.78, 5) is 20.7. The second-order valence-corrected chi connectivity index (χ2v) is 10.4. The summed E-state index contributed by atoms with van der Waals surface area (Å²) in [5.41, 5.74) is 1.54. The maximum absolute atomic E-state index is 13.8. The van der Waals surface area contributed by atoms with Crippen LogP contribution in [0.5, 0.6) is 0 Å². The third kappa shape index (κ3) is 4.64. The second kappa shape index (κ2) is 10.5. The van der Waals surface area contributed by atoms with Crippen molar-refractivity contribution in [3.8, 4) is 0 Å². The van der Waals surface area contributed by atoms with Gasteiger partial charge in [0.05, 0.1) is 19.9 Å². The van der Waals surface area contributed by atoms with Crippen molar-refractivity contribution in [3.05, 3.63) is 66.0 Å². The number of halogens is 1. The molecule has 194 valence electrons. The minimum atomic E-state index is -0.785. The molecule has 3 fully saturated rings. The highest BCUT2D eigenvalue weighted by molar-refractivity contribution is 5.93. The first-order chi connectivity index (χ1) is 17.5. The van der Waals surface area contributed by atoms with E-state index in [9.17, 15) is 9.18 Å². The predicted molar refractivity (Wildman–Crippen MR) is 138 cm³/mol. The number of hydrogen-bond donors (Lipinski definition) is 0. The zero-order valence-corrected chi connectivity index (χ0v) is 21.5. The third-order valence-electron chi connectivity index (χ3n) is 8.36. The van der Waals surface area contributed by atoms with E-state index >= 15 is 0 Å². The fraction of sp³-hybridized carbons (Fsp3) is 0.552. The number of benzene rings is 2. The number of piperidine rings is 1. The lowest BCUT2D eigenvalue weighted by molar-refractivity contribution is -0.172. The Hall–Kier alpha value is -2.48. The van der Waals surface area contributed by atoms with E-state index in [-0.39, 0.29) is 17.8 Å². The molecule has 0 unspecified atom stereocenters. The minimum absolute atomic E-state index is 0.232. The zero-order valence-electron chi connectivity index (χ0n) is 21.5. The second-order valence-electron chi connectivity index (χ2n) is 10.4. The quantitative estimate of drug-likeness (QED) is 0.529. The number of carbonyl (C=O) groups is 1. The number of anilines is 1. The number of carbonyl (C=O) groups excluding carboxylic acids is 1. The molecule has 0 aromatic heterocycles. The molecule has 3 aliphatic rings. The van der Waals surface area contributed by atoms with Crippen LogP contribution in [0, 0.1) is 5.82 Å². The van der Waals surface area contributed by atoms with Crippen LogP contribution in [0.2, 0.25) is 0 Å². The van der Waals surface area contributed by atoms with Gasteiger partial charge in [-0.3, -0.25) is 4.79 Å². The fourth-order valence-electron chi connectivity index (χ4n) is 6.01. The highest BCUT2D eigenvalue weighted by Gasteiger charge is 2.54. The SMILES string of the molecule is CC[C@@H](C)N1CN(c2ccccc2)C2(CCN(CCCC3(c4ccc(F)cc4)OCCO3)CC2)C1=O. The van der Waals surface area contributed by atoms with Crippen LogP contribution in [0.15, 0.2) is 54.6 Å². The molecule has 2 aromatic carbocycles. The Kier molecular flexibility index (Phi) is 7.33. The lowest BCUT2D eigenvalue weighted by Crippen LogP contribution is -2.56. The molecule has 1 amide bonds. The van der Waals surface area contributed by atoms with Gasteiger partial charge in [-0.05, 0) is 63.4 Å². The van der Waals surface area contributed by atoms with Crippen LogP contribution in [0.1, 0.15) is 51.5 Å². The molecule has 1 atom stereocenters. The monoisotopic (exact) mass is 495 g/mol. The predicted octanol–water partition coefficient (Wildman–Crippen LogP) is 4.74. The molecule has 1 spiro atoms. The third-order valence-corrected chi connectivity index (χ3v) is 8.36. The molecule has 0 radical (unpaired) electrons. The summed E-state index contributed by atoms with van der Waals surface area (Å²) in [7, 11) is 0. The average Bonchev–Trinajstić information content (AvgIpc) is 3.50. The van der Waals surface area contributed by atoms with Crippen LogP contribution in [-0.4, -0.2) is 66.8 Å². The molecular formula is C29H38FN3O3. The van der Waals surface area contributed by atoms with Gasteiger partial charge in [0.1, 0.15) is 11.4 Å². The molecule has 6 nitrogen and oxygen atoms in total. The summed E-state index contributed by atoms with van der Waals surface area (Å²) >= 11 is 0. The number of amides is 1. The molecule has 7 heteroatoms. The van der Waals surface area contributed by atoms with Gasteiger partial charge in [0.15, 0.2) is 5.79 Å². The first-order valence-corrected chi connectivity index (χ1v) is 13.4. The van der Waals surface area contributed by atoms with Crippen LogP contribution >= 0.6 is 0 Å². The van der Waals surface area contributed by atoms with Crippen molar-refractivity contribution < 1.29 is 18.7 Å². The van der Waals surface area contributed by atoms with Crippen LogP contribution in [0.3, 0.4) is 0 Å². The minimum Gasteiger partial charge on any atom is -0.343 e. The fourth-order valence-corrected chi connectivity index (χ4v) is 6.01. The van der Waals surface area contributed by atoms with E-state index in [0.29, 0.717) is 19.9 Å². The standard InChI is InChI=1S/C29H38FN3O3/c1-3-23(2)32-22-33(26-8-5-4-6-9-26)28(27(32)34)15-18-31(19-16-28)17-7-14-29(35-20-21-36-29)24-10-12-25(30)13-11-24/h4-6,8-13,23H,3,7,14-22H2,1-2H3/t23-/m1/s1. The molecule has 2 aromatic rings.